The SMILES string of the molecule is CC.OC12CC3CC4(O)CC(C1)C24C3. The fourth-order valence-electron chi connectivity index (χ4n) is 5.24. The Balaban J connectivity index is 0.000000303. The van der Waals surface area contributed by atoms with E-state index in [1.807, 2.05) is 13.8 Å². The number of rotatable bonds is 0. The normalized spacial score (nSPS) is 66.0. The first-order valence-corrected chi connectivity index (χ1v) is 6.04. The van der Waals surface area contributed by atoms with E-state index in [0.717, 1.165) is 32.1 Å². The summed E-state index contributed by atoms with van der Waals surface area (Å²) in [6, 6.07) is 0. The number of aliphatic hydroxyl groups is 2. The van der Waals surface area contributed by atoms with Crippen molar-refractivity contribution in [2.24, 2.45) is 17.3 Å². The van der Waals surface area contributed by atoms with Crippen molar-refractivity contribution in [3.8, 4) is 0 Å². The van der Waals surface area contributed by atoms with Crippen molar-refractivity contribution >= 4 is 0 Å². The van der Waals surface area contributed by atoms with Gasteiger partial charge in [-0.15, -0.1) is 0 Å². The summed E-state index contributed by atoms with van der Waals surface area (Å²) in [5.41, 5.74) is -0.883. The van der Waals surface area contributed by atoms with Crippen LogP contribution in [0.25, 0.3) is 0 Å². The van der Waals surface area contributed by atoms with Crippen molar-refractivity contribution in [3.05, 3.63) is 0 Å². The molecule has 0 aliphatic heterocycles. The second kappa shape index (κ2) is 2.19. The number of hydrogen-bond donors (Lipinski definition) is 2. The molecule has 2 N–H and O–H groups in total. The van der Waals surface area contributed by atoms with Crippen LogP contribution in [-0.4, -0.2) is 21.4 Å². The molecule has 2 atom stereocenters. The fraction of sp³-hybridized carbons (Fsp3) is 1.00. The lowest BCUT2D eigenvalue weighted by Gasteiger charge is -2.74. The third-order valence-electron chi connectivity index (χ3n) is 5.39. The maximum absolute atomic E-state index is 10.2. The van der Waals surface area contributed by atoms with Crippen LogP contribution >= 0.6 is 0 Å². The van der Waals surface area contributed by atoms with Gasteiger partial charge in [-0.3, -0.25) is 0 Å². The van der Waals surface area contributed by atoms with Crippen molar-refractivity contribution in [2.45, 2.75) is 57.2 Å². The summed E-state index contributed by atoms with van der Waals surface area (Å²) in [7, 11) is 0. The van der Waals surface area contributed by atoms with Crippen LogP contribution in [0.5, 0.6) is 0 Å². The van der Waals surface area contributed by atoms with Crippen LogP contribution in [0, 0.1) is 17.3 Å². The van der Waals surface area contributed by atoms with Gasteiger partial charge < -0.3 is 10.2 Å². The van der Waals surface area contributed by atoms with Gasteiger partial charge in [0, 0.05) is 5.41 Å². The van der Waals surface area contributed by atoms with Crippen LogP contribution in [0.2, 0.25) is 0 Å². The lowest BCUT2D eigenvalue weighted by atomic mass is 9.34. The molecule has 0 amide bonds. The molecule has 0 saturated heterocycles. The van der Waals surface area contributed by atoms with Crippen molar-refractivity contribution < 1.29 is 10.2 Å². The molecule has 80 valence electrons. The highest BCUT2D eigenvalue weighted by Gasteiger charge is 2.86. The van der Waals surface area contributed by atoms with Crippen molar-refractivity contribution in [3.63, 3.8) is 0 Å². The average Bonchev–Trinajstić information content (AvgIpc) is 2.52. The zero-order valence-electron chi connectivity index (χ0n) is 9.08. The average molecular weight is 196 g/mol. The molecule has 0 aromatic rings. The van der Waals surface area contributed by atoms with E-state index in [1.54, 1.807) is 0 Å². The van der Waals surface area contributed by atoms with E-state index in [4.69, 9.17) is 0 Å². The fourth-order valence-corrected chi connectivity index (χ4v) is 5.24. The van der Waals surface area contributed by atoms with Gasteiger partial charge in [0.25, 0.3) is 0 Å². The Labute approximate surface area is 85.3 Å². The largest absolute Gasteiger partial charge is 0.389 e. The molecule has 4 saturated carbocycles. The van der Waals surface area contributed by atoms with Gasteiger partial charge in [0.15, 0.2) is 0 Å². The van der Waals surface area contributed by atoms with Crippen LogP contribution < -0.4 is 0 Å². The molecular weight excluding hydrogens is 176 g/mol. The van der Waals surface area contributed by atoms with E-state index in [9.17, 15) is 10.2 Å². The Kier molecular flexibility index (Phi) is 1.44. The van der Waals surface area contributed by atoms with Crippen LogP contribution in [0.15, 0.2) is 0 Å². The minimum absolute atomic E-state index is 0.00926. The quantitative estimate of drug-likeness (QED) is 0.619. The smallest absolute Gasteiger partial charge is 0.0739 e. The van der Waals surface area contributed by atoms with Crippen LogP contribution in [-0.2, 0) is 0 Å². The van der Waals surface area contributed by atoms with Crippen LogP contribution in [0.3, 0.4) is 0 Å². The van der Waals surface area contributed by atoms with Crippen molar-refractivity contribution in [1.82, 2.24) is 0 Å². The molecule has 2 unspecified atom stereocenters. The second-order valence-electron chi connectivity index (χ2n) is 5.62. The van der Waals surface area contributed by atoms with Gasteiger partial charge in [-0.1, -0.05) is 13.8 Å². The van der Waals surface area contributed by atoms with Gasteiger partial charge in [0.2, 0.25) is 0 Å². The summed E-state index contributed by atoms with van der Waals surface area (Å²) in [5.74, 6) is 1.30. The maximum Gasteiger partial charge on any atom is 0.0739 e. The lowest BCUT2D eigenvalue weighted by Crippen LogP contribution is -2.79. The second-order valence-corrected chi connectivity index (χ2v) is 5.62. The Bertz CT molecular complexity index is 266. The van der Waals surface area contributed by atoms with E-state index in [2.05, 4.69) is 0 Å². The predicted octanol–water partition coefficient (Wildman–Crippen LogP) is 1.70. The first-order chi connectivity index (χ1) is 6.60. The third kappa shape index (κ3) is 0.594. The maximum atomic E-state index is 10.2. The standard InChI is InChI=1S/C10H14O2.C2H6/c11-8-1-6-2-9(12)5-7(4-8)10(8,9)3-6;1-2/h6-7,11-12H,1-5H2;1-2H3. The highest BCUT2D eigenvalue weighted by atomic mass is 16.3. The minimum atomic E-state index is -0.437. The Morgan fingerprint density at radius 2 is 1.36 bits per heavy atom. The molecule has 4 rings (SSSR count). The lowest BCUT2D eigenvalue weighted by molar-refractivity contribution is -0.352. The minimum Gasteiger partial charge on any atom is -0.389 e. The molecule has 2 bridgehead atoms. The Morgan fingerprint density at radius 3 is 1.64 bits per heavy atom. The van der Waals surface area contributed by atoms with Gasteiger partial charge in [-0.05, 0) is 43.9 Å². The predicted molar refractivity (Wildman–Crippen MR) is 53.7 cm³/mol. The molecule has 4 aliphatic rings. The summed E-state index contributed by atoms with van der Waals surface area (Å²) in [4.78, 5) is 0. The number of hydrogen-bond acceptors (Lipinski definition) is 2. The zero-order valence-corrected chi connectivity index (χ0v) is 9.08. The zero-order chi connectivity index (χ0) is 10.2. The van der Waals surface area contributed by atoms with E-state index >= 15 is 0 Å². The third-order valence-corrected chi connectivity index (χ3v) is 5.39. The summed E-state index contributed by atoms with van der Waals surface area (Å²) in [5, 5.41) is 20.5. The van der Waals surface area contributed by atoms with Gasteiger partial charge in [0.1, 0.15) is 0 Å². The molecule has 2 nitrogen and oxygen atoms in total. The van der Waals surface area contributed by atoms with Gasteiger partial charge in [0.05, 0.1) is 11.2 Å². The van der Waals surface area contributed by atoms with E-state index in [-0.39, 0.29) is 5.41 Å². The summed E-state index contributed by atoms with van der Waals surface area (Å²) < 4.78 is 0. The topological polar surface area (TPSA) is 40.5 Å². The van der Waals surface area contributed by atoms with E-state index < -0.39 is 11.2 Å². The monoisotopic (exact) mass is 196 g/mol. The molecule has 4 fully saturated rings. The highest BCUT2D eigenvalue weighted by Crippen LogP contribution is 2.84. The van der Waals surface area contributed by atoms with Crippen LogP contribution in [0.1, 0.15) is 46.0 Å². The molecule has 0 radical (unpaired) electrons. The summed E-state index contributed by atoms with van der Waals surface area (Å²) >= 11 is 0. The summed E-state index contributed by atoms with van der Waals surface area (Å²) in [6.45, 7) is 4.00. The van der Waals surface area contributed by atoms with Crippen molar-refractivity contribution in [2.75, 3.05) is 0 Å². The molecule has 14 heavy (non-hydrogen) atoms. The number of fused-ring (bicyclic) bond motifs is 1. The van der Waals surface area contributed by atoms with Crippen molar-refractivity contribution in [1.29, 1.82) is 0 Å². The summed E-state index contributed by atoms with van der Waals surface area (Å²) in [6.07, 6.45) is 5.03. The van der Waals surface area contributed by atoms with Crippen LogP contribution in [0.4, 0.5) is 0 Å². The molecule has 0 heterocycles. The first-order valence-electron chi connectivity index (χ1n) is 6.04. The molecule has 2 heteroatoms. The molecule has 0 aromatic heterocycles. The first kappa shape index (κ1) is 9.17. The molecule has 1 spiro atoms. The Morgan fingerprint density at radius 1 is 0.857 bits per heavy atom. The molecular formula is C12H20O2. The molecule has 0 aromatic carbocycles. The van der Waals surface area contributed by atoms with Gasteiger partial charge >= 0.3 is 0 Å². The highest BCUT2D eigenvalue weighted by molar-refractivity contribution is 5.36. The van der Waals surface area contributed by atoms with Gasteiger partial charge in [-0.25, -0.2) is 0 Å². The van der Waals surface area contributed by atoms with Gasteiger partial charge in [-0.2, -0.15) is 0 Å². The Hall–Kier alpha value is -0.0800. The van der Waals surface area contributed by atoms with E-state index in [1.165, 1.54) is 0 Å². The van der Waals surface area contributed by atoms with E-state index in [0.29, 0.717) is 11.8 Å². The molecule has 4 aliphatic carbocycles.